The number of ether oxygens (including phenoxy) is 1. The molecule has 0 saturated heterocycles. The second-order valence-corrected chi connectivity index (χ2v) is 4.80. The fraction of sp³-hybridized carbons (Fsp3) is 0.357. The van der Waals surface area contributed by atoms with E-state index in [1.165, 1.54) is 12.1 Å². The van der Waals surface area contributed by atoms with Crippen LogP contribution in [0.3, 0.4) is 0 Å². The van der Waals surface area contributed by atoms with Crippen molar-refractivity contribution in [2.45, 2.75) is 32.4 Å². The van der Waals surface area contributed by atoms with Crippen LogP contribution in [-0.4, -0.2) is 29.9 Å². The maximum absolute atomic E-state index is 11.7. The summed E-state index contributed by atoms with van der Waals surface area (Å²) < 4.78 is 5.04. The smallest absolute Gasteiger partial charge is 0.338 e. The first-order valence-corrected chi connectivity index (χ1v) is 6.45. The molecule has 1 aromatic rings. The molecule has 21 heavy (non-hydrogen) atoms. The van der Waals surface area contributed by atoms with Gasteiger partial charge in [-0.05, 0) is 38.1 Å². The molecule has 5 N–H and O–H groups in total. The molecular weight excluding hydrogens is 274 g/mol. The molecule has 0 aliphatic heterocycles. The van der Waals surface area contributed by atoms with E-state index in [0.717, 1.165) is 0 Å². The minimum absolute atomic E-state index is 0.205. The maximum Gasteiger partial charge on any atom is 0.338 e. The normalized spacial score (nSPS) is 11.8. The average Bonchev–Trinajstić information content (AvgIpc) is 2.37. The molecule has 1 rings (SSSR count). The van der Waals surface area contributed by atoms with Crippen molar-refractivity contribution < 1.29 is 19.1 Å². The molecule has 0 aliphatic carbocycles. The lowest BCUT2D eigenvalue weighted by Crippen LogP contribution is -2.38. The zero-order chi connectivity index (χ0) is 16.0. The standard InChI is InChI=1S/C14H19N3O4/c1-8(2)21-14(20)9-3-5-10(6-4-9)17-13(19)11(15)7-12(16)18/h3-6,8,11H,7,15H2,1-2H3,(H2,16,18)(H,17,19). The first-order valence-electron chi connectivity index (χ1n) is 6.45. The molecule has 0 fully saturated rings. The summed E-state index contributed by atoms with van der Waals surface area (Å²) in [4.78, 5) is 34.0. The number of nitrogens with two attached hydrogens (primary N) is 2. The van der Waals surface area contributed by atoms with Crippen LogP contribution in [0.4, 0.5) is 5.69 Å². The van der Waals surface area contributed by atoms with E-state index in [1.807, 2.05) is 0 Å². The number of primary amides is 1. The molecule has 0 aliphatic rings. The van der Waals surface area contributed by atoms with E-state index >= 15 is 0 Å². The van der Waals surface area contributed by atoms with Crippen LogP contribution < -0.4 is 16.8 Å². The van der Waals surface area contributed by atoms with Gasteiger partial charge in [-0.2, -0.15) is 0 Å². The summed E-state index contributed by atoms with van der Waals surface area (Å²) >= 11 is 0. The quantitative estimate of drug-likeness (QED) is 0.654. The fourth-order valence-electron chi connectivity index (χ4n) is 1.52. The zero-order valence-electron chi connectivity index (χ0n) is 12.0. The van der Waals surface area contributed by atoms with Crippen molar-refractivity contribution in [3.63, 3.8) is 0 Å². The van der Waals surface area contributed by atoms with Crippen molar-refractivity contribution in [3.05, 3.63) is 29.8 Å². The van der Waals surface area contributed by atoms with E-state index in [0.29, 0.717) is 11.3 Å². The number of benzene rings is 1. The molecular formula is C14H19N3O4. The van der Waals surface area contributed by atoms with Crippen LogP contribution in [0, 0.1) is 0 Å². The molecule has 1 aromatic carbocycles. The monoisotopic (exact) mass is 293 g/mol. The van der Waals surface area contributed by atoms with Gasteiger partial charge in [-0.25, -0.2) is 4.79 Å². The van der Waals surface area contributed by atoms with E-state index in [-0.39, 0.29) is 12.5 Å². The van der Waals surface area contributed by atoms with E-state index in [1.54, 1.807) is 26.0 Å². The van der Waals surface area contributed by atoms with Crippen LogP contribution in [0.5, 0.6) is 0 Å². The number of nitrogens with one attached hydrogen (secondary N) is 1. The summed E-state index contributed by atoms with van der Waals surface area (Å²) in [5.41, 5.74) is 11.3. The van der Waals surface area contributed by atoms with Crippen LogP contribution in [0.25, 0.3) is 0 Å². The number of amides is 2. The van der Waals surface area contributed by atoms with Gasteiger partial charge in [-0.3, -0.25) is 9.59 Å². The molecule has 0 bridgehead atoms. The Kier molecular flexibility index (Phi) is 5.86. The highest BCUT2D eigenvalue weighted by molar-refractivity contribution is 5.97. The summed E-state index contributed by atoms with van der Waals surface area (Å²) in [6.07, 6.45) is -0.436. The first-order chi connectivity index (χ1) is 9.79. The molecule has 7 heteroatoms. The van der Waals surface area contributed by atoms with Gasteiger partial charge in [0.2, 0.25) is 11.8 Å². The molecule has 0 aromatic heterocycles. The van der Waals surface area contributed by atoms with Crippen molar-refractivity contribution >= 4 is 23.5 Å². The number of hydrogen-bond donors (Lipinski definition) is 3. The van der Waals surface area contributed by atoms with Gasteiger partial charge in [0.15, 0.2) is 0 Å². The van der Waals surface area contributed by atoms with Gasteiger partial charge < -0.3 is 21.5 Å². The lowest BCUT2D eigenvalue weighted by atomic mass is 10.1. The Bertz CT molecular complexity index is 526. The lowest BCUT2D eigenvalue weighted by Gasteiger charge is -2.11. The van der Waals surface area contributed by atoms with Gasteiger partial charge in [-0.1, -0.05) is 0 Å². The van der Waals surface area contributed by atoms with Crippen molar-refractivity contribution in [1.29, 1.82) is 0 Å². The summed E-state index contributed by atoms with van der Waals surface area (Å²) in [5, 5.41) is 2.53. The second-order valence-electron chi connectivity index (χ2n) is 4.80. The van der Waals surface area contributed by atoms with Crippen molar-refractivity contribution in [3.8, 4) is 0 Å². The highest BCUT2D eigenvalue weighted by atomic mass is 16.5. The van der Waals surface area contributed by atoms with Crippen LogP contribution >= 0.6 is 0 Å². The summed E-state index contributed by atoms with van der Waals surface area (Å²) in [7, 11) is 0. The van der Waals surface area contributed by atoms with Gasteiger partial charge in [0.05, 0.1) is 24.1 Å². The third kappa shape index (κ3) is 5.62. The summed E-state index contributed by atoms with van der Waals surface area (Å²) in [6, 6.07) is 5.14. The topological polar surface area (TPSA) is 125 Å². The van der Waals surface area contributed by atoms with Crippen molar-refractivity contribution in [1.82, 2.24) is 0 Å². The Morgan fingerprint density at radius 3 is 2.24 bits per heavy atom. The molecule has 1 atom stereocenters. The zero-order valence-corrected chi connectivity index (χ0v) is 12.0. The fourth-order valence-corrected chi connectivity index (χ4v) is 1.52. The SMILES string of the molecule is CC(C)OC(=O)c1ccc(NC(=O)C(N)CC(N)=O)cc1. The third-order valence-electron chi connectivity index (χ3n) is 2.49. The summed E-state index contributed by atoms with van der Waals surface area (Å²) in [5.74, 6) is -1.61. The molecule has 7 nitrogen and oxygen atoms in total. The van der Waals surface area contributed by atoms with E-state index in [2.05, 4.69) is 5.32 Å². The van der Waals surface area contributed by atoms with Crippen LogP contribution in [0.2, 0.25) is 0 Å². The number of carbonyl (C=O) groups excluding carboxylic acids is 3. The largest absolute Gasteiger partial charge is 0.459 e. The van der Waals surface area contributed by atoms with Crippen LogP contribution in [-0.2, 0) is 14.3 Å². The number of rotatable bonds is 6. The predicted octanol–water partition coefficient (Wildman–Crippen LogP) is 0.393. The minimum Gasteiger partial charge on any atom is -0.459 e. The second kappa shape index (κ2) is 7.39. The number of esters is 1. The van der Waals surface area contributed by atoms with Crippen LogP contribution in [0.15, 0.2) is 24.3 Å². The lowest BCUT2D eigenvalue weighted by molar-refractivity contribution is -0.123. The summed E-state index contributed by atoms with van der Waals surface area (Å²) in [6.45, 7) is 3.51. The van der Waals surface area contributed by atoms with E-state index in [4.69, 9.17) is 16.2 Å². The average molecular weight is 293 g/mol. The van der Waals surface area contributed by atoms with Gasteiger partial charge >= 0.3 is 5.97 Å². The van der Waals surface area contributed by atoms with E-state index in [9.17, 15) is 14.4 Å². The predicted molar refractivity (Wildman–Crippen MR) is 77.4 cm³/mol. The van der Waals surface area contributed by atoms with Gasteiger partial charge in [0.25, 0.3) is 0 Å². The Labute approximate surface area is 122 Å². The molecule has 0 spiro atoms. The third-order valence-corrected chi connectivity index (χ3v) is 2.49. The molecule has 1 unspecified atom stereocenters. The Hall–Kier alpha value is -2.41. The Morgan fingerprint density at radius 2 is 1.76 bits per heavy atom. The maximum atomic E-state index is 11.7. The number of carbonyl (C=O) groups is 3. The number of anilines is 1. The van der Waals surface area contributed by atoms with Crippen LogP contribution in [0.1, 0.15) is 30.6 Å². The van der Waals surface area contributed by atoms with Gasteiger partial charge in [-0.15, -0.1) is 0 Å². The van der Waals surface area contributed by atoms with Gasteiger partial charge in [0, 0.05) is 5.69 Å². The van der Waals surface area contributed by atoms with Gasteiger partial charge in [0.1, 0.15) is 0 Å². The Balaban J connectivity index is 2.64. The molecule has 114 valence electrons. The molecule has 2 amide bonds. The molecule has 0 radical (unpaired) electrons. The number of hydrogen-bond acceptors (Lipinski definition) is 5. The highest BCUT2D eigenvalue weighted by Gasteiger charge is 2.16. The molecule has 0 heterocycles. The highest BCUT2D eigenvalue weighted by Crippen LogP contribution is 2.11. The molecule has 0 saturated carbocycles. The Morgan fingerprint density at radius 1 is 1.19 bits per heavy atom. The first kappa shape index (κ1) is 16.6. The van der Waals surface area contributed by atoms with Crippen molar-refractivity contribution in [2.24, 2.45) is 11.5 Å². The van der Waals surface area contributed by atoms with E-state index < -0.39 is 23.8 Å². The minimum atomic E-state index is -1.01. The van der Waals surface area contributed by atoms with Crippen molar-refractivity contribution in [2.75, 3.05) is 5.32 Å².